The van der Waals surface area contributed by atoms with Crippen molar-refractivity contribution in [2.75, 3.05) is 25.1 Å². The SMILES string of the molecule is CCOC(=O)c1cc(-c2ccc(N(C)CC)cc2)c2c(C)nn(-c3ccccc3)c2n1. The molecular weight excluding hydrogens is 388 g/mol. The van der Waals surface area contributed by atoms with Gasteiger partial charge in [-0.3, -0.25) is 0 Å². The van der Waals surface area contributed by atoms with Crippen LogP contribution in [0.25, 0.3) is 27.8 Å². The van der Waals surface area contributed by atoms with Crippen molar-refractivity contribution in [2.24, 2.45) is 0 Å². The number of fused-ring (bicyclic) bond motifs is 1. The minimum Gasteiger partial charge on any atom is -0.461 e. The first-order valence-electron chi connectivity index (χ1n) is 10.5. The van der Waals surface area contributed by atoms with Crippen molar-refractivity contribution in [3.63, 3.8) is 0 Å². The highest BCUT2D eigenvalue weighted by molar-refractivity contribution is 6.00. The summed E-state index contributed by atoms with van der Waals surface area (Å²) in [6, 6.07) is 19.9. The van der Waals surface area contributed by atoms with Crippen LogP contribution in [0.1, 0.15) is 30.0 Å². The lowest BCUT2D eigenvalue weighted by Gasteiger charge is -2.17. The molecule has 4 aromatic rings. The quantitative estimate of drug-likeness (QED) is 0.414. The Labute approximate surface area is 182 Å². The Morgan fingerprint density at radius 2 is 1.77 bits per heavy atom. The second-order valence-electron chi connectivity index (χ2n) is 7.37. The third-order valence-electron chi connectivity index (χ3n) is 5.39. The van der Waals surface area contributed by atoms with Crippen LogP contribution < -0.4 is 4.90 Å². The van der Waals surface area contributed by atoms with Crippen molar-refractivity contribution in [2.45, 2.75) is 20.8 Å². The lowest BCUT2D eigenvalue weighted by molar-refractivity contribution is 0.0520. The van der Waals surface area contributed by atoms with E-state index in [4.69, 9.17) is 9.84 Å². The predicted molar refractivity (Wildman–Crippen MR) is 124 cm³/mol. The Hall–Kier alpha value is -3.67. The molecular formula is C25H26N4O2. The first-order valence-corrected chi connectivity index (χ1v) is 10.5. The van der Waals surface area contributed by atoms with Crippen LogP contribution >= 0.6 is 0 Å². The Balaban J connectivity index is 1.95. The number of carbonyl (C=O) groups excluding carboxylic acids is 1. The van der Waals surface area contributed by atoms with E-state index in [9.17, 15) is 4.79 Å². The molecule has 6 heteroatoms. The van der Waals surface area contributed by atoms with Crippen LogP contribution in [-0.2, 0) is 4.74 Å². The van der Waals surface area contributed by atoms with Crippen LogP contribution in [0.4, 0.5) is 5.69 Å². The number of aromatic nitrogens is 3. The van der Waals surface area contributed by atoms with E-state index in [1.165, 1.54) is 0 Å². The number of nitrogens with zero attached hydrogens (tertiary/aromatic N) is 4. The number of aryl methyl sites for hydroxylation is 1. The second-order valence-corrected chi connectivity index (χ2v) is 7.37. The number of benzene rings is 2. The molecule has 0 saturated carbocycles. The monoisotopic (exact) mass is 414 g/mol. The van der Waals surface area contributed by atoms with Crippen molar-refractivity contribution in [3.8, 4) is 16.8 Å². The van der Waals surface area contributed by atoms with Crippen molar-refractivity contribution >= 4 is 22.7 Å². The van der Waals surface area contributed by atoms with E-state index in [0.717, 1.165) is 40.1 Å². The number of pyridine rings is 1. The standard InChI is InChI=1S/C25H26N4O2/c1-5-28(4)19-14-12-18(13-15-19)21-16-22(25(30)31-6-2)26-24-23(21)17(3)27-29(24)20-10-8-7-9-11-20/h7-16H,5-6H2,1-4H3. The minimum absolute atomic E-state index is 0.274. The molecule has 0 aliphatic heterocycles. The number of hydrogen-bond donors (Lipinski definition) is 0. The lowest BCUT2D eigenvalue weighted by Crippen LogP contribution is -2.15. The van der Waals surface area contributed by atoms with Gasteiger partial charge in [-0.25, -0.2) is 14.5 Å². The zero-order chi connectivity index (χ0) is 22.0. The molecule has 0 atom stereocenters. The van der Waals surface area contributed by atoms with E-state index < -0.39 is 5.97 Å². The van der Waals surface area contributed by atoms with Crippen molar-refractivity contribution in [3.05, 3.63) is 72.1 Å². The zero-order valence-corrected chi connectivity index (χ0v) is 18.3. The number of esters is 1. The highest BCUT2D eigenvalue weighted by Gasteiger charge is 2.20. The molecule has 158 valence electrons. The molecule has 0 aliphatic rings. The molecule has 0 aliphatic carbocycles. The van der Waals surface area contributed by atoms with Gasteiger partial charge in [0.25, 0.3) is 0 Å². The number of para-hydroxylation sites is 1. The van der Waals surface area contributed by atoms with E-state index in [0.29, 0.717) is 12.3 Å². The van der Waals surface area contributed by atoms with Gasteiger partial charge in [0.15, 0.2) is 11.3 Å². The molecule has 0 radical (unpaired) electrons. The minimum atomic E-state index is -0.438. The smallest absolute Gasteiger partial charge is 0.357 e. The predicted octanol–water partition coefficient (Wildman–Crippen LogP) is 5.03. The Kier molecular flexibility index (Phi) is 5.71. The van der Waals surface area contributed by atoms with E-state index in [1.54, 1.807) is 11.6 Å². The van der Waals surface area contributed by atoms with Crippen molar-refractivity contribution in [1.82, 2.24) is 14.8 Å². The second kappa shape index (κ2) is 8.60. The molecule has 0 spiro atoms. The summed E-state index contributed by atoms with van der Waals surface area (Å²) in [5.74, 6) is -0.438. The molecule has 0 amide bonds. The van der Waals surface area contributed by atoms with Gasteiger partial charge in [-0.15, -0.1) is 0 Å². The number of rotatable bonds is 6. The first kappa shape index (κ1) is 20.6. The highest BCUT2D eigenvalue weighted by atomic mass is 16.5. The molecule has 4 rings (SSSR count). The average Bonchev–Trinajstić information content (AvgIpc) is 3.15. The van der Waals surface area contributed by atoms with Gasteiger partial charge in [0, 0.05) is 19.3 Å². The van der Waals surface area contributed by atoms with Crippen LogP contribution in [0.15, 0.2) is 60.7 Å². The maximum absolute atomic E-state index is 12.6. The summed E-state index contributed by atoms with van der Waals surface area (Å²) < 4.78 is 7.04. The van der Waals surface area contributed by atoms with Crippen LogP contribution in [0.3, 0.4) is 0 Å². The molecule has 6 nitrogen and oxygen atoms in total. The topological polar surface area (TPSA) is 60.2 Å². The van der Waals surface area contributed by atoms with Gasteiger partial charge in [0.1, 0.15) is 0 Å². The fourth-order valence-corrected chi connectivity index (χ4v) is 3.65. The molecule has 0 fully saturated rings. The summed E-state index contributed by atoms with van der Waals surface area (Å²) in [5, 5.41) is 5.67. The third-order valence-corrected chi connectivity index (χ3v) is 5.39. The fourth-order valence-electron chi connectivity index (χ4n) is 3.65. The van der Waals surface area contributed by atoms with Crippen LogP contribution in [-0.4, -0.2) is 40.9 Å². The van der Waals surface area contributed by atoms with E-state index >= 15 is 0 Å². The largest absolute Gasteiger partial charge is 0.461 e. The number of ether oxygens (including phenoxy) is 1. The summed E-state index contributed by atoms with van der Waals surface area (Å²) in [4.78, 5) is 19.4. The van der Waals surface area contributed by atoms with Gasteiger partial charge < -0.3 is 9.64 Å². The maximum Gasteiger partial charge on any atom is 0.357 e. The molecule has 0 bridgehead atoms. The Bertz CT molecular complexity index is 1210. The first-order chi connectivity index (χ1) is 15.0. The van der Waals surface area contributed by atoms with Gasteiger partial charge in [0.05, 0.1) is 23.4 Å². The average molecular weight is 415 g/mol. The molecule has 31 heavy (non-hydrogen) atoms. The fraction of sp³-hybridized carbons (Fsp3) is 0.240. The normalized spacial score (nSPS) is 11.0. The summed E-state index contributed by atoms with van der Waals surface area (Å²) in [6.45, 7) is 7.10. The zero-order valence-electron chi connectivity index (χ0n) is 18.3. The Morgan fingerprint density at radius 3 is 2.42 bits per heavy atom. The maximum atomic E-state index is 12.6. The third kappa shape index (κ3) is 3.89. The number of anilines is 1. The summed E-state index contributed by atoms with van der Waals surface area (Å²) in [7, 11) is 2.06. The number of carbonyl (C=O) groups is 1. The molecule has 2 aromatic carbocycles. The molecule has 2 aromatic heterocycles. The van der Waals surface area contributed by atoms with Gasteiger partial charge in [-0.2, -0.15) is 5.10 Å². The van der Waals surface area contributed by atoms with Crippen LogP contribution in [0, 0.1) is 6.92 Å². The van der Waals surface area contributed by atoms with Crippen molar-refractivity contribution in [1.29, 1.82) is 0 Å². The van der Waals surface area contributed by atoms with Gasteiger partial charge in [-0.1, -0.05) is 30.3 Å². The highest BCUT2D eigenvalue weighted by Crippen LogP contribution is 2.33. The van der Waals surface area contributed by atoms with E-state index in [2.05, 4.69) is 48.1 Å². The molecule has 0 saturated heterocycles. The summed E-state index contributed by atoms with van der Waals surface area (Å²) >= 11 is 0. The molecule has 0 unspecified atom stereocenters. The van der Waals surface area contributed by atoms with Gasteiger partial charge in [0.2, 0.25) is 0 Å². The van der Waals surface area contributed by atoms with Gasteiger partial charge >= 0.3 is 5.97 Å². The van der Waals surface area contributed by atoms with E-state index in [1.807, 2.05) is 43.3 Å². The van der Waals surface area contributed by atoms with Crippen molar-refractivity contribution < 1.29 is 9.53 Å². The molecule has 0 N–H and O–H groups in total. The molecule has 2 heterocycles. The summed E-state index contributed by atoms with van der Waals surface area (Å²) in [5.41, 5.74) is 5.71. The van der Waals surface area contributed by atoms with Crippen LogP contribution in [0.2, 0.25) is 0 Å². The lowest BCUT2D eigenvalue weighted by atomic mass is 10.0. The van der Waals surface area contributed by atoms with E-state index in [-0.39, 0.29) is 5.69 Å². The van der Waals surface area contributed by atoms with Crippen LogP contribution in [0.5, 0.6) is 0 Å². The Morgan fingerprint density at radius 1 is 1.06 bits per heavy atom. The van der Waals surface area contributed by atoms with Gasteiger partial charge in [-0.05, 0) is 62.2 Å². The summed E-state index contributed by atoms with van der Waals surface area (Å²) in [6.07, 6.45) is 0. The number of hydrogen-bond acceptors (Lipinski definition) is 5.